The standard InChI is InChI=1S/C22H22N4O3.3ClH/c1-13-2-3-15-14(11-24-22(15)25-13)10-19-20(28)16-4-5-18(27)17(21(16)29-19)12-26-8-6-23-7-9-26;;;/h2-5,10-11,23,27H,6-9,12H2,1H3,(H,24,25);3*1H. The maximum atomic E-state index is 12.9. The van der Waals surface area contributed by atoms with Gasteiger partial charge in [0.15, 0.2) is 5.76 Å². The van der Waals surface area contributed by atoms with Crippen LogP contribution in [-0.4, -0.2) is 51.9 Å². The number of aromatic nitrogens is 2. The first kappa shape index (κ1) is 26.0. The van der Waals surface area contributed by atoms with Crippen molar-refractivity contribution >= 4 is 60.1 Å². The molecule has 2 aliphatic heterocycles. The number of carbonyl (C=O) groups excluding carboxylic acids is 1. The number of phenols is 1. The first-order valence-corrected chi connectivity index (χ1v) is 9.77. The highest BCUT2D eigenvalue weighted by Gasteiger charge is 2.32. The monoisotopic (exact) mass is 498 g/mol. The second-order valence-electron chi connectivity index (χ2n) is 7.50. The Kier molecular flexibility index (Phi) is 8.56. The third kappa shape index (κ3) is 4.72. The van der Waals surface area contributed by atoms with Gasteiger partial charge in [0.1, 0.15) is 17.1 Å². The van der Waals surface area contributed by atoms with Crippen LogP contribution >= 0.6 is 37.2 Å². The normalized spacial score (nSPS) is 16.7. The maximum Gasteiger partial charge on any atom is 0.231 e. The van der Waals surface area contributed by atoms with Crippen LogP contribution < -0.4 is 10.1 Å². The lowest BCUT2D eigenvalue weighted by molar-refractivity contribution is 0.101. The van der Waals surface area contributed by atoms with Crippen LogP contribution in [0.25, 0.3) is 17.1 Å². The minimum atomic E-state index is -0.170. The molecule has 32 heavy (non-hydrogen) atoms. The third-order valence-corrected chi connectivity index (χ3v) is 5.50. The predicted octanol–water partition coefficient (Wildman–Crippen LogP) is 3.86. The fraction of sp³-hybridized carbons (Fsp3) is 0.273. The molecule has 0 aliphatic carbocycles. The molecule has 0 unspecified atom stereocenters. The fourth-order valence-corrected chi connectivity index (χ4v) is 3.93. The van der Waals surface area contributed by atoms with Crippen molar-refractivity contribution in [3.8, 4) is 11.5 Å². The molecule has 0 radical (unpaired) electrons. The van der Waals surface area contributed by atoms with Crippen LogP contribution in [0.5, 0.6) is 11.5 Å². The zero-order chi connectivity index (χ0) is 20.0. The molecule has 3 N–H and O–H groups in total. The molecule has 10 heteroatoms. The Morgan fingerprint density at radius 2 is 1.91 bits per heavy atom. The first-order valence-electron chi connectivity index (χ1n) is 9.77. The number of rotatable bonds is 3. The largest absolute Gasteiger partial charge is 0.507 e. The number of aromatic hydroxyl groups is 1. The molecule has 5 rings (SSSR count). The van der Waals surface area contributed by atoms with E-state index in [9.17, 15) is 9.90 Å². The zero-order valence-electron chi connectivity index (χ0n) is 17.4. The number of ether oxygens (including phenoxy) is 1. The number of carbonyl (C=O) groups is 1. The molecule has 0 spiro atoms. The molecule has 4 heterocycles. The highest BCUT2D eigenvalue weighted by molar-refractivity contribution is 6.15. The highest BCUT2D eigenvalue weighted by Crippen LogP contribution is 2.40. The lowest BCUT2D eigenvalue weighted by Crippen LogP contribution is -2.42. The second-order valence-corrected chi connectivity index (χ2v) is 7.50. The molecule has 0 atom stereocenters. The molecule has 1 aromatic carbocycles. The van der Waals surface area contributed by atoms with Crippen LogP contribution in [0, 0.1) is 6.92 Å². The summed E-state index contributed by atoms with van der Waals surface area (Å²) in [6.07, 6.45) is 3.56. The van der Waals surface area contributed by atoms with E-state index in [-0.39, 0.29) is 54.5 Å². The summed E-state index contributed by atoms with van der Waals surface area (Å²) in [6, 6.07) is 7.14. The Hall–Kier alpha value is -2.29. The van der Waals surface area contributed by atoms with Gasteiger partial charge in [-0.15, -0.1) is 37.2 Å². The lowest BCUT2D eigenvalue weighted by atomic mass is 10.0. The van der Waals surface area contributed by atoms with Crippen molar-refractivity contribution < 1.29 is 14.6 Å². The van der Waals surface area contributed by atoms with Gasteiger partial charge in [-0.25, -0.2) is 4.98 Å². The van der Waals surface area contributed by atoms with Crippen LogP contribution in [0.15, 0.2) is 36.2 Å². The molecule has 2 aliphatic rings. The van der Waals surface area contributed by atoms with E-state index >= 15 is 0 Å². The predicted molar refractivity (Wildman–Crippen MR) is 132 cm³/mol. The quantitative estimate of drug-likeness (QED) is 0.474. The van der Waals surface area contributed by atoms with Gasteiger partial charge in [0.2, 0.25) is 5.78 Å². The minimum absolute atomic E-state index is 0. The SMILES string of the molecule is Cc1ccc2c(C=C3Oc4c(ccc(O)c4CN4CCNCC4)C3=O)c[nH]c2n1.Cl.Cl.Cl. The van der Waals surface area contributed by atoms with E-state index in [2.05, 4.69) is 20.2 Å². The Balaban J connectivity index is 0.00000121. The summed E-state index contributed by atoms with van der Waals surface area (Å²) >= 11 is 0. The number of aryl methyl sites for hydroxylation is 1. The number of hydrogen-bond donors (Lipinski definition) is 3. The summed E-state index contributed by atoms with van der Waals surface area (Å²) in [5.41, 5.74) is 3.70. The average Bonchev–Trinajstić information content (AvgIpc) is 3.26. The summed E-state index contributed by atoms with van der Waals surface area (Å²) in [7, 11) is 0. The number of halogens is 3. The van der Waals surface area contributed by atoms with Gasteiger partial charge in [0.25, 0.3) is 0 Å². The summed E-state index contributed by atoms with van der Waals surface area (Å²) in [4.78, 5) is 22.8. The van der Waals surface area contributed by atoms with Crippen molar-refractivity contribution in [2.45, 2.75) is 13.5 Å². The number of aromatic amines is 1. The van der Waals surface area contributed by atoms with Gasteiger partial charge in [-0.1, -0.05) is 0 Å². The van der Waals surface area contributed by atoms with Gasteiger partial charge in [0, 0.05) is 55.6 Å². The fourth-order valence-electron chi connectivity index (χ4n) is 3.93. The van der Waals surface area contributed by atoms with E-state index < -0.39 is 0 Å². The van der Waals surface area contributed by atoms with Crippen molar-refractivity contribution in [1.82, 2.24) is 20.2 Å². The molecular formula is C22H25Cl3N4O3. The highest BCUT2D eigenvalue weighted by atomic mass is 35.5. The molecule has 0 amide bonds. The number of Topliss-reactive ketones (excluding diaryl/α,β-unsaturated/α-hetero) is 1. The van der Waals surface area contributed by atoms with Gasteiger partial charge in [0.05, 0.1) is 11.1 Å². The lowest BCUT2D eigenvalue weighted by Gasteiger charge is -2.27. The molecular weight excluding hydrogens is 475 g/mol. The van der Waals surface area contributed by atoms with Gasteiger partial charge in [-0.3, -0.25) is 9.69 Å². The van der Waals surface area contributed by atoms with E-state index in [1.54, 1.807) is 18.2 Å². The van der Waals surface area contributed by atoms with Crippen molar-refractivity contribution in [3.63, 3.8) is 0 Å². The number of piperazine rings is 1. The molecule has 1 fully saturated rings. The van der Waals surface area contributed by atoms with Crippen molar-refractivity contribution in [1.29, 1.82) is 0 Å². The Morgan fingerprint density at radius 3 is 2.66 bits per heavy atom. The number of ketones is 1. The van der Waals surface area contributed by atoms with E-state index in [1.807, 2.05) is 25.3 Å². The molecule has 172 valence electrons. The molecule has 0 bridgehead atoms. The van der Waals surface area contributed by atoms with Crippen LogP contribution in [0.3, 0.4) is 0 Å². The minimum Gasteiger partial charge on any atom is -0.507 e. The number of benzene rings is 1. The first-order chi connectivity index (χ1) is 14.1. The topological polar surface area (TPSA) is 90.5 Å². The number of allylic oxidation sites excluding steroid dienone is 1. The number of phenolic OH excluding ortho intramolecular Hbond substituents is 1. The van der Waals surface area contributed by atoms with Crippen LogP contribution in [-0.2, 0) is 6.54 Å². The molecule has 3 aromatic rings. The third-order valence-electron chi connectivity index (χ3n) is 5.50. The molecule has 7 nitrogen and oxygen atoms in total. The summed E-state index contributed by atoms with van der Waals surface area (Å²) in [5.74, 6) is 0.710. The maximum absolute atomic E-state index is 12.9. The number of nitrogens with zero attached hydrogens (tertiary/aromatic N) is 2. The van der Waals surface area contributed by atoms with Gasteiger partial charge in [-0.2, -0.15) is 0 Å². The number of hydrogen-bond acceptors (Lipinski definition) is 6. The van der Waals surface area contributed by atoms with Crippen molar-refractivity contribution in [2.24, 2.45) is 0 Å². The zero-order valence-corrected chi connectivity index (χ0v) is 19.8. The van der Waals surface area contributed by atoms with Crippen molar-refractivity contribution in [3.05, 3.63) is 58.6 Å². The Bertz CT molecular complexity index is 1160. The summed E-state index contributed by atoms with van der Waals surface area (Å²) < 4.78 is 5.99. The van der Waals surface area contributed by atoms with Crippen LogP contribution in [0.4, 0.5) is 0 Å². The Morgan fingerprint density at radius 1 is 1.16 bits per heavy atom. The summed E-state index contributed by atoms with van der Waals surface area (Å²) in [6.45, 7) is 6.09. The van der Waals surface area contributed by atoms with Gasteiger partial charge < -0.3 is 20.1 Å². The molecule has 0 saturated carbocycles. The van der Waals surface area contributed by atoms with E-state index in [0.717, 1.165) is 48.5 Å². The number of pyridine rings is 1. The smallest absolute Gasteiger partial charge is 0.231 e. The van der Waals surface area contributed by atoms with Gasteiger partial charge in [-0.05, 0) is 37.3 Å². The summed E-state index contributed by atoms with van der Waals surface area (Å²) in [5, 5.41) is 14.7. The second kappa shape index (κ2) is 10.6. The number of nitrogens with one attached hydrogen (secondary N) is 2. The number of fused-ring (bicyclic) bond motifs is 2. The number of H-pyrrole nitrogens is 1. The van der Waals surface area contributed by atoms with E-state index in [0.29, 0.717) is 23.4 Å². The van der Waals surface area contributed by atoms with Gasteiger partial charge >= 0.3 is 0 Å². The van der Waals surface area contributed by atoms with E-state index in [1.165, 1.54) is 0 Å². The van der Waals surface area contributed by atoms with E-state index in [4.69, 9.17) is 4.74 Å². The van der Waals surface area contributed by atoms with Crippen LogP contribution in [0.2, 0.25) is 0 Å². The average molecular weight is 500 g/mol. The van der Waals surface area contributed by atoms with Crippen molar-refractivity contribution in [2.75, 3.05) is 26.2 Å². The molecule has 1 saturated heterocycles. The Labute approximate surface area is 204 Å². The van der Waals surface area contributed by atoms with Crippen LogP contribution in [0.1, 0.15) is 27.2 Å². The molecule has 2 aromatic heterocycles.